The van der Waals surface area contributed by atoms with E-state index in [0.29, 0.717) is 42.5 Å². The van der Waals surface area contributed by atoms with Gasteiger partial charge < -0.3 is 14.5 Å². The number of Topliss-reactive ketones (excluding diaryl/α,β-unsaturated/α-hetero) is 1. The average Bonchev–Trinajstić information content (AvgIpc) is 3.39. The molecule has 0 radical (unpaired) electrons. The van der Waals surface area contributed by atoms with Crippen molar-refractivity contribution in [2.24, 2.45) is 5.92 Å². The standard InChI is InChI=1S/C21H21F2NO5/c1-28-19(26)16(20(27)29-2)18(25)21(8-3-4-9-21)17-13(7-10-24-17)12-5-6-14(22)15(23)11-12/h5-7,10-11,16,24H,3-4,8-9H2,1-2H3. The van der Waals surface area contributed by atoms with Crippen LogP contribution in [-0.2, 0) is 29.3 Å². The molecule has 0 bridgehead atoms. The van der Waals surface area contributed by atoms with Gasteiger partial charge >= 0.3 is 11.9 Å². The molecule has 0 aliphatic heterocycles. The molecule has 3 rings (SSSR count). The molecule has 0 amide bonds. The highest BCUT2D eigenvalue weighted by Crippen LogP contribution is 2.46. The number of hydrogen-bond acceptors (Lipinski definition) is 5. The molecule has 2 aromatic rings. The van der Waals surface area contributed by atoms with E-state index in [-0.39, 0.29) is 0 Å². The second kappa shape index (κ2) is 8.14. The highest BCUT2D eigenvalue weighted by atomic mass is 19.2. The minimum Gasteiger partial charge on any atom is -0.468 e. The molecule has 1 saturated carbocycles. The van der Waals surface area contributed by atoms with Gasteiger partial charge in [-0.3, -0.25) is 14.4 Å². The Kier molecular flexibility index (Phi) is 5.81. The molecule has 1 aliphatic rings. The summed E-state index contributed by atoms with van der Waals surface area (Å²) in [5.74, 6) is -6.32. The van der Waals surface area contributed by atoms with Gasteiger partial charge in [-0.05, 0) is 36.6 Å². The van der Waals surface area contributed by atoms with Crippen LogP contribution in [0, 0.1) is 17.6 Å². The van der Waals surface area contributed by atoms with Crippen molar-refractivity contribution < 1.29 is 32.6 Å². The molecule has 1 aliphatic carbocycles. The van der Waals surface area contributed by atoms with Crippen LogP contribution in [0.5, 0.6) is 0 Å². The minimum absolute atomic E-state index is 0.381. The van der Waals surface area contributed by atoms with Crippen molar-refractivity contribution in [1.29, 1.82) is 0 Å². The monoisotopic (exact) mass is 405 g/mol. The van der Waals surface area contributed by atoms with E-state index < -0.39 is 40.7 Å². The SMILES string of the molecule is COC(=O)C(C(=O)OC)C(=O)C1(c2[nH]ccc2-c2ccc(F)c(F)c2)CCCC1. The number of nitrogens with one attached hydrogen (secondary N) is 1. The van der Waals surface area contributed by atoms with E-state index in [1.807, 2.05) is 0 Å². The summed E-state index contributed by atoms with van der Waals surface area (Å²) in [4.78, 5) is 41.0. The fourth-order valence-electron chi connectivity index (χ4n) is 4.09. The van der Waals surface area contributed by atoms with Gasteiger partial charge in [0.2, 0.25) is 5.92 Å². The Bertz CT molecular complexity index is 930. The lowest BCUT2D eigenvalue weighted by Gasteiger charge is -2.30. The lowest BCUT2D eigenvalue weighted by molar-refractivity contribution is -0.163. The van der Waals surface area contributed by atoms with E-state index in [0.717, 1.165) is 26.4 Å². The normalized spacial score (nSPS) is 15.3. The molecule has 1 fully saturated rings. The number of carbonyl (C=O) groups is 3. The third kappa shape index (κ3) is 3.54. The molecule has 0 saturated heterocycles. The van der Waals surface area contributed by atoms with Crippen LogP contribution >= 0.6 is 0 Å². The van der Waals surface area contributed by atoms with Gasteiger partial charge in [0.1, 0.15) is 0 Å². The predicted molar refractivity (Wildman–Crippen MR) is 98.8 cm³/mol. The van der Waals surface area contributed by atoms with Gasteiger partial charge in [-0.25, -0.2) is 8.78 Å². The zero-order valence-electron chi connectivity index (χ0n) is 16.1. The minimum atomic E-state index is -1.72. The number of H-pyrrole nitrogens is 1. The van der Waals surface area contributed by atoms with E-state index in [1.165, 1.54) is 6.07 Å². The number of aromatic nitrogens is 1. The molecule has 8 heteroatoms. The molecule has 0 unspecified atom stereocenters. The van der Waals surface area contributed by atoms with Crippen molar-refractivity contribution in [2.75, 3.05) is 14.2 Å². The molecule has 0 atom stereocenters. The maximum atomic E-state index is 13.8. The number of rotatable bonds is 6. The molecule has 6 nitrogen and oxygen atoms in total. The van der Waals surface area contributed by atoms with Crippen LogP contribution in [0.15, 0.2) is 30.5 Å². The highest BCUT2D eigenvalue weighted by molar-refractivity contribution is 6.18. The number of ether oxygens (including phenoxy) is 2. The molecule has 1 heterocycles. The summed E-state index contributed by atoms with van der Waals surface area (Å²) in [7, 11) is 2.18. The second-order valence-corrected chi connectivity index (χ2v) is 7.03. The quantitative estimate of drug-likeness (QED) is 0.589. The lowest BCUT2D eigenvalue weighted by atomic mass is 9.72. The van der Waals surface area contributed by atoms with Crippen LogP contribution in [0.25, 0.3) is 11.1 Å². The van der Waals surface area contributed by atoms with Crippen LogP contribution in [0.4, 0.5) is 8.78 Å². The number of benzene rings is 1. The van der Waals surface area contributed by atoms with Crippen molar-refractivity contribution in [2.45, 2.75) is 31.1 Å². The summed E-state index contributed by atoms with van der Waals surface area (Å²) < 4.78 is 36.5. The molecule has 29 heavy (non-hydrogen) atoms. The molecule has 1 aromatic carbocycles. The maximum Gasteiger partial charge on any atom is 0.327 e. The zero-order chi connectivity index (χ0) is 21.2. The number of hydrogen-bond donors (Lipinski definition) is 1. The van der Waals surface area contributed by atoms with Gasteiger partial charge in [0.05, 0.1) is 19.6 Å². The molecule has 1 N–H and O–H groups in total. The summed E-state index contributed by atoms with van der Waals surface area (Å²) >= 11 is 0. The molecular weight excluding hydrogens is 384 g/mol. The predicted octanol–water partition coefficient (Wildman–Crippen LogP) is 3.30. The zero-order valence-corrected chi connectivity index (χ0v) is 16.1. The third-order valence-corrected chi connectivity index (χ3v) is 5.52. The summed E-state index contributed by atoms with van der Waals surface area (Å²) in [5.41, 5.74) is 0.180. The third-order valence-electron chi connectivity index (χ3n) is 5.52. The van der Waals surface area contributed by atoms with Gasteiger partial charge in [0, 0.05) is 17.5 Å². The Morgan fingerprint density at radius 2 is 1.62 bits per heavy atom. The fourth-order valence-corrected chi connectivity index (χ4v) is 4.09. The van der Waals surface area contributed by atoms with E-state index in [4.69, 9.17) is 0 Å². The number of ketones is 1. The Balaban J connectivity index is 2.12. The molecule has 0 spiro atoms. The Hall–Kier alpha value is -3.03. The smallest absolute Gasteiger partial charge is 0.327 e. The van der Waals surface area contributed by atoms with E-state index in [2.05, 4.69) is 14.5 Å². The molecule has 154 valence electrons. The summed E-state index contributed by atoms with van der Waals surface area (Å²) in [6, 6.07) is 5.13. The van der Waals surface area contributed by atoms with Crippen molar-refractivity contribution in [1.82, 2.24) is 4.98 Å². The number of halogens is 2. The van der Waals surface area contributed by atoms with Gasteiger partial charge in [-0.1, -0.05) is 18.9 Å². The number of carbonyl (C=O) groups excluding carboxylic acids is 3. The van der Waals surface area contributed by atoms with Crippen LogP contribution in [0.2, 0.25) is 0 Å². The van der Waals surface area contributed by atoms with Crippen LogP contribution < -0.4 is 0 Å². The highest BCUT2D eigenvalue weighted by Gasteiger charge is 2.52. The van der Waals surface area contributed by atoms with Crippen molar-refractivity contribution >= 4 is 17.7 Å². The largest absolute Gasteiger partial charge is 0.468 e. The van der Waals surface area contributed by atoms with Crippen molar-refractivity contribution in [3.63, 3.8) is 0 Å². The van der Waals surface area contributed by atoms with E-state index in [1.54, 1.807) is 12.3 Å². The van der Waals surface area contributed by atoms with E-state index >= 15 is 0 Å². The fraction of sp³-hybridized carbons (Fsp3) is 0.381. The van der Waals surface area contributed by atoms with Gasteiger partial charge in [-0.15, -0.1) is 0 Å². The average molecular weight is 405 g/mol. The number of esters is 2. The van der Waals surface area contributed by atoms with Gasteiger partial charge in [0.15, 0.2) is 17.4 Å². The Morgan fingerprint density at radius 1 is 1.00 bits per heavy atom. The first-order chi connectivity index (χ1) is 13.9. The van der Waals surface area contributed by atoms with Crippen LogP contribution in [-0.4, -0.2) is 36.9 Å². The lowest BCUT2D eigenvalue weighted by Crippen LogP contribution is -2.45. The van der Waals surface area contributed by atoms with E-state index in [9.17, 15) is 23.2 Å². The van der Waals surface area contributed by atoms with Crippen molar-refractivity contribution in [3.05, 3.63) is 47.8 Å². The summed E-state index contributed by atoms with van der Waals surface area (Å²) in [5, 5.41) is 0. The molecule has 1 aromatic heterocycles. The van der Waals surface area contributed by atoms with Crippen molar-refractivity contribution in [3.8, 4) is 11.1 Å². The Labute approximate surface area is 166 Å². The molecular formula is C21H21F2NO5. The van der Waals surface area contributed by atoms with Crippen LogP contribution in [0.1, 0.15) is 31.4 Å². The summed E-state index contributed by atoms with van der Waals surface area (Å²) in [6.45, 7) is 0. The first kappa shape index (κ1) is 20.7. The van der Waals surface area contributed by atoms with Gasteiger partial charge in [0.25, 0.3) is 0 Å². The Morgan fingerprint density at radius 3 is 2.17 bits per heavy atom. The second-order valence-electron chi connectivity index (χ2n) is 7.03. The van der Waals surface area contributed by atoms with Crippen LogP contribution in [0.3, 0.4) is 0 Å². The summed E-state index contributed by atoms with van der Waals surface area (Å²) in [6.07, 6.45) is 3.79. The first-order valence-corrected chi connectivity index (χ1v) is 9.19. The number of aromatic amines is 1. The maximum absolute atomic E-state index is 13.8. The first-order valence-electron chi connectivity index (χ1n) is 9.19. The topological polar surface area (TPSA) is 85.5 Å². The van der Waals surface area contributed by atoms with Gasteiger partial charge in [-0.2, -0.15) is 0 Å². The number of methoxy groups -OCH3 is 2.